The largest absolute Gasteiger partial charge is 0.493 e. The summed E-state index contributed by atoms with van der Waals surface area (Å²) in [4.78, 5) is 28.3. The number of ether oxygens (including phenoxy) is 2. The van der Waals surface area contributed by atoms with Gasteiger partial charge < -0.3 is 19.7 Å². The lowest BCUT2D eigenvalue weighted by atomic mass is 10.1. The summed E-state index contributed by atoms with van der Waals surface area (Å²) in [5, 5.41) is 3.44. The molecule has 1 atom stereocenters. The Morgan fingerprint density at radius 3 is 2.12 bits per heavy atom. The Kier molecular flexibility index (Phi) is 10.9. The van der Waals surface area contributed by atoms with Crippen molar-refractivity contribution in [2.45, 2.75) is 44.3 Å². The molecule has 3 aromatic rings. The number of amides is 2. The second-order valence-corrected chi connectivity index (χ2v) is 12.2. The van der Waals surface area contributed by atoms with Gasteiger partial charge in [-0.25, -0.2) is 8.42 Å². The van der Waals surface area contributed by atoms with Crippen LogP contribution in [0.1, 0.15) is 26.3 Å². The number of carbonyl (C=O) groups is 2. The number of methoxy groups -OCH3 is 2. The molecule has 12 heteroatoms. The molecule has 0 aromatic heterocycles. The molecule has 0 saturated carbocycles. The molecule has 0 fully saturated rings. The Labute approximate surface area is 251 Å². The van der Waals surface area contributed by atoms with Crippen molar-refractivity contribution in [2.75, 3.05) is 25.1 Å². The van der Waals surface area contributed by atoms with Crippen LogP contribution in [0, 0.1) is 0 Å². The number of hydrogen-bond acceptors (Lipinski definition) is 6. The van der Waals surface area contributed by atoms with Crippen molar-refractivity contribution in [1.29, 1.82) is 0 Å². The molecular weight excluding hydrogens is 589 g/mol. The van der Waals surface area contributed by atoms with Crippen LogP contribution in [0.2, 0.25) is 10.0 Å². The van der Waals surface area contributed by atoms with Gasteiger partial charge in [0.15, 0.2) is 11.5 Å². The number of hydrogen-bond donors (Lipinski definition) is 1. The topological polar surface area (TPSA) is 105 Å². The molecule has 0 bridgehead atoms. The van der Waals surface area contributed by atoms with E-state index < -0.39 is 34.4 Å². The number of nitrogens with zero attached hydrogens (tertiary/aromatic N) is 2. The van der Waals surface area contributed by atoms with E-state index >= 15 is 0 Å². The van der Waals surface area contributed by atoms with Crippen LogP contribution in [0.25, 0.3) is 0 Å². The van der Waals surface area contributed by atoms with E-state index in [4.69, 9.17) is 32.7 Å². The van der Waals surface area contributed by atoms with Crippen LogP contribution in [-0.4, -0.2) is 58.0 Å². The van der Waals surface area contributed by atoms with Crippen molar-refractivity contribution in [3.05, 3.63) is 82.3 Å². The van der Waals surface area contributed by atoms with Crippen molar-refractivity contribution >= 4 is 50.7 Å². The Morgan fingerprint density at radius 1 is 0.878 bits per heavy atom. The second kappa shape index (κ2) is 13.9. The minimum Gasteiger partial charge on any atom is -0.493 e. The molecule has 220 valence electrons. The van der Waals surface area contributed by atoms with Crippen molar-refractivity contribution in [2.24, 2.45) is 0 Å². The molecule has 0 aliphatic carbocycles. The number of halogens is 2. The van der Waals surface area contributed by atoms with Crippen LogP contribution in [0.3, 0.4) is 0 Å². The van der Waals surface area contributed by atoms with Gasteiger partial charge in [0.05, 0.1) is 34.8 Å². The zero-order valence-electron chi connectivity index (χ0n) is 23.4. The van der Waals surface area contributed by atoms with Gasteiger partial charge in [-0.3, -0.25) is 13.9 Å². The molecule has 0 saturated heterocycles. The average Bonchev–Trinajstić information content (AvgIpc) is 2.95. The van der Waals surface area contributed by atoms with Gasteiger partial charge in [-0.2, -0.15) is 0 Å². The highest BCUT2D eigenvalue weighted by Gasteiger charge is 2.33. The van der Waals surface area contributed by atoms with Crippen molar-refractivity contribution in [1.82, 2.24) is 10.2 Å². The minimum absolute atomic E-state index is 0.00998. The summed E-state index contributed by atoms with van der Waals surface area (Å²) >= 11 is 12.3. The summed E-state index contributed by atoms with van der Waals surface area (Å²) in [7, 11) is -1.34. The Balaban J connectivity index is 2.09. The van der Waals surface area contributed by atoms with E-state index in [1.54, 1.807) is 63.2 Å². The lowest BCUT2D eigenvalue weighted by Crippen LogP contribution is -2.52. The molecule has 0 radical (unpaired) electrons. The molecule has 2 amide bonds. The van der Waals surface area contributed by atoms with Crippen molar-refractivity contribution in [3.63, 3.8) is 0 Å². The molecule has 41 heavy (non-hydrogen) atoms. The second-order valence-electron chi connectivity index (χ2n) is 9.47. The number of nitrogens with one attached hydrogen (secondary N) is 1. The number of anilines is 1. The lowest BCUT2D eigenvalue weighted by molar-refractivity contribution is -0.139. The van der Waals surface area contributed by atoms with Crippen molar-refractivity contribution in [3.8, 4) is 11.5 Å². The standard InChI is InChI=1S/C29H33Cl2N3O6S/c1-19(2)32-29(36)20(3)33(17-21-11-13-24(30)25(31)15-21)28(35)18-34(41(37,38)23-9-7-6-8-10-23)22-12-14-26(39-4)27(16-22)40-5/h6-16,19-20H,17-18H2,1-5H3,(H,32,36). The first kappa shape index (κ1) is 32.0. The Hall–Kier alpha value is -3.47. The summed E-state index contributed by atoms with van der Waals surface area (Å²) in [6, 6.07) is 16.1. The molecular formula is C29H33Cl2N3O6S. The van der Waals surface area contributed by atoms with Crippen LogP contribution in [-0.2, 0) is 26.2 Å². The van der Waals surface area contributed by atoms with Crippen LogP contribution in [0.15, 0.2) is 71.6 Å². The normalized spacial score (nSPS) is 12.0. The summed E-state index contributed by atoms with van der Waals surface area (Å²) in [6.45, 7) is 4.57. The van der Waals surface area contributed by atoms with E-state index in [0.29, 0.717) is 16.3 Å². The highest BCUT2D eigenvalue weighted by atomic mass is 35.5. The fourth-order valence-electron chi connectivity index (χ4n) is 4.05. The predicted molar refractivity (Wildman–Crippen MR) is 160 cm³/mol. The maximum atomic E-state index is 14.0. The van der Waals surface area contributed by atoms with Crippen LogP contribution in [0.5, 0.6) is 11.5 Å². The van der Waals surface area contributed by atoms with Crippen molar-refractivity contribution < 1.29 is 27.5 Å². The molecule has 1 N–H and O–H groups in total. The SMILES string of the molecule is COc1ccc(N(CC(=O)N(Cc2ccc(Cl)c(Cl)c2)C(C)C(=O)NC(C)C)S(=O)(=O)c2ccccc2)cc1OC. The zero-order valence-corrected chi connectivity index (χ0v) is 25.8. The Bertz CT molecular complexity index is 1490. The number of sulfonamides is 1. The third-order valence-corrected chi connectivity index (χ3v) is 8.73. The third-order valence-electron chi connectivity index (χ3n) is 6.20. The van der Waals surface area contributed by atoms with Gasteiger partial charge in [0.25, 0.3) is 10.0 Å². The summed E-state index contributed by atoms with van der Waals surface area (Å²) in [5.41, 5.74) is 0.786. The highest BCUT2D eigenvalue weighted by Crippen LogP contribution is 2.34. The quantitative estimate of drug-likeness (QED) is 0.300. The maximum Gasteiger partial charge on any atom is 0.264 e. The van der Waals surface area contributed by atoms with Gasteiger partial charge in [-0.1, -0.05) is 47.5 Å². The number of carbonyl (C=O) groups excluding carboxylic acids is 2. The van der Waals surface area contributed by atoms with E-state index in [1.165, 1.54) is 43.4 Å². The predicted octanol–water partition coefficient (Wildman–Crippen LogP) is 5.15. The fraction of sp³-hybridized carbons (Fsp3) is 0.310. The lowest BCUT2D eigenvalue weighted by Gasteiger charge is -2.32. The van der Waals surface area contributed by atoms with Gasteiger partial charge in [0.2, 0.25) is 11.8 Å². The van der Waals surface area contributed by atoms with Gasteiger partial charge in [0.1, 0.15) is 12.6 Å². The summed E-state index contributed by atoms with van der Waals surface area (Å²) in [5.74, 6) is -0.336. The van der Waals surface area contributed by atoms with E-state index in [2.05, 4.69) is 5.32 Å². The maximum absolute atomic E-state index is 14.0. The highest BCUT2D eigenvalue weighted by molar-refractivity contribution is 7.92. The molecule has 0 aliphatic heterocycles. The van der Waals surface area contributed by atoms with E-state index in [1.807, 2.05) is 0 Å². The summed E-state index contributed by atoms with van der Waals surface area (Å²) < 4.78 is 39.5. The Morgan fingerprint density at radius 2 is 1.54 bits per heavy atom. The van der Waals surface area contributed by atoms with E-state index in [-0.39, 0.29) is 33.9 Å². The van der Waals surface area contributed by atoms with Crippen LogP contribution < -0.4 is 19.1 Å². The van der Waals surface area contributed by atoms with Gasteiger partial charge >= 0.3 is 0 Å². The first-order chi connectivity index (χ1) is 19.4. The molecule has 3 rings (SSSR count). The monoisotopic (exact) mass is 621 g/mol. The molecule has 0 heterocycles. The summed E-state index contributed by atoms with van der Waals surface area (Å²) in [6.07, 6.45) is 0. The minimum atomic E-state index is -4.23. The van der Waals surface area contributed by atoms with Gasteiger partial charge in [-0.05, 0) is 62.7 Å². The molecule has 3 aromatic carbocycles. The van der Waals surface area contributed by atoms with Crippen LogP contribution >= 0.6 is 23.2 Å². The number of benzene rings is 3. The molecule has 0 spiro atoms. The zero-order chi connectivity index (χ0) is 30.3. The third kappa shape index (κ3) is 7.84. The molecule has 9 nitrogen and oxygen atoms in total. The first-order valence-electron chi connectivity index (χ1n) is 12.7. The van der Waals surface area contributed by atoms with Gasteiger partial charge in [0, 0.05) is 18.7 Å². The molecule has 0 aliphatic rings. The smallest absolute Gasteiger partial charge is 0.264 e. The fourth-order valence-corrected chi connectivity index (χ4v) is 5.80. The first-order valence-corrected chi connectivity index (χ1v) is 14.9. The number of rotatable bonds is 12. The van der Waals surface area contributed by atoms with Gasteiger partial charge in [-0.15, -0.1) is 0 Å². The van der Waals surface area contributed by atoms with E-state index in [0.717, 1.165) is 4.31 Å². The van der Waals surface area contributed by atoms with E-state index in [9.17, 15) is 18.0 Å². The van der Waals surface area contributed by atoms with Crippen LogP contribution in [0.4, 0.5) is 5.69 Å². The average molecular weight is 623 g/mol. The molecule has 1 unspecified atom stereocenters.